The molecule has 0 aliphatic heterocycles. The number of amides is 2. The highest BCUT2D eigenvalue weighted by molar-refractivity contribution is 6.03. The van der Waals surface area contributed by atoms with Crippen molar-refractivity contribution in [2.75, 3.05) is 5.32 Å². The molecule has 50 heavy (non-hydrogen) atoms. The highest BCUT2D eigenvalue weighted by atomic mass is 16.5. The van der Waals surface area contributed by atoms with Crippen LogP contribution in [0.15, 0.2) is 35.7 Å². The van der Waals surface area contributed by atoms with Crippen molar-refractivity contribution < 1.29 is 29.0 Å². The van der Waals surface area contributed by atoms with Gasteiger partial charge >= 0.3 is 18.0 Å². The first kappa shape index (κ1) is 36.6. The van der Waals surface area contributed by atoms with Crippen LogP contribution >= 0.6 is 0 Å². The molecule has 4 fully saturated rings. The third-order valence-electron chi connectivity index (χ3n) is 15.1. The molecule has 0 bridgehead atoms. The molecule has 8 atom stereocenters. The monoisotopic (exact) mass is 689 g/mol. The van der Waals surface area contributed by atoms with Crippen molar-refractivity contribution in [3.05, 3.63) is 35.7 Å². The lowest BCUT2D eigenvalue weighted by molar-refractivity contribution is -0.232. The van der Waals surface area contributed by atoms with Crippen molar-refractivity contribution in [3.8, 4) is 0 Å². The molecule has 0 spiro atoms. The van der Waals surface area contributed by atoms with Gasteiger partial charge in [-0.3, -0.25) is 19.4 Å². The average molecular weight is 690 g/mol. The van der Waals surface area contributed by atoms with E-state index in [1.54, 1.807) is 32.3 Å². The molecule has 1 aromatic heterocycles. The molecule has 4 unspecified atom stereocenters. The number of ketones is 1. The molecular weight excluding hydrogens is 630 g/mol. The maximum atomic E-state index is 13.9. The number of esters is 1. The van der Waals surface area contributed by atoms with Crippen LogP contribution in [0.4, 0.5) is 10.5 Å². The maximum Gasteiger partial charge on any atom is 0.319 e. The number of fused-ring (bicyclic) bond motifs is 7. The van der Waals surface area contributed by atoms with Crippen molar-refractivity contribution in [2.24, 2.45) is 50.7 Å². The van der Waals surface area contributed by atoms with Crippen molar-refractivity contribution in [1.29, 1.82) is 0 Å². The second-order valence-electron chi connectivity index (χ2n) is 18.8. The largest absolute Gasteiger partial charge is 0.481 e. The quantitative estimate of drug-likeness (QED) is 0.245. The number of urea groups is 1. The maximum absolute atomic E-state index is 13.9. The number of carbonyl (C=O) groups excluding carboxylic acids is 3. The van der Waals surface area contributed by atoms with Gasteiger partial charge in [-0.05, 0) is 128 Å². The molecule has 1 heterocycles. The van der Waals surface area contributed by atoms with E-state index in [0.717, 1.165) is 56.9 Å². The Morgan fingerprint density at radius 3 is 2.34 bits per heavy atom. The van der Waals surface area contributed by atoms with E-state index >= 15 is 0 Å². The van der Waals surface area contributed by atoms with E-state index in [4.69, 9.17) is 4.74 Å². The van der Waals surface area contributed by atoms with Gasteiger partial charge in [-0.25, -0.2) is 4.79 Å². The van der Waals surface area contributed by atoms with Crippen LogP contribution in [-0.2, 0) is 19.1 Å². The molecule has 9 heteroatoms. The Kier molecular flexibility index (Phi) is 8.91. The first-order chi connectivity index (χ1) is 23.2. The fourth-order valence-corrected chi connectivity index (χ4v) is 12.4. The minimum absolute atomic E-state index is 0.0249. The third-order valence-corrected chi connectivity index (χ3v) is 15.1. The van der Waals surface area contributed by atoms with Crippen LogP contribution in [0, 0.1) is 50.7 Å². The molecule has 0 radical (unpaired) electrons. The molecule has 0 aromatic carbocycles. The van der Waals surface area contributed by atoms with Crippen LogP contribution in [0.1, 0.15) is 127 Å². The molecule has 5 aliphatic rings. The van der Waals surface area contributed by atoms with E-state index in [0.29, 0.717) is 23.9 Å². The number of nitrogens with one attached hydrogen (secondary N) is 2. The second kappa shape index (κ2) is 12.2. The normalized spacial score (nSPS) is 37.6. The van der Waals surface area contributed by atoms with E-state index in [2.05, 4.69) is 64.1 Å². The molecule has 2 amide bonds. The summed E-state index contributed by atoms with van der Waals surface area (Å²) < 4.78 is 6.14. The van der Waals surface area contributed by atoms with Crippen LogP contribution in [0.25, 0.3) is 0 Å². The Morgan fingerprint density at radius 1 is 0.980 bits per heavy atom. The van der Waals surface area contributed by atoms with Gasteiger partial charge in [0.05, 0.1) is 29.3 Å². The van der Waals surface area contributed by atoms with Gasteiger partial charge < -0.3 is 20.5 Å². The molecule has 6 rings (SSSR count). The number of rotatable bonds is 7. The highest BCUT2D eigenvalue weighted by Crippen LogP contribution is 2.76. The van der Waals surface area contributed by atoms with Gasteiger partial charge in [0.1, 0.15) is 6.10 Å². The van der Waals surface area contributed by atoms with E-state index in [9.17, 15) is 24.3 Å². The van der Waals surface area contributed by atoms with Gasteiger partial charge in [0.25, 0.3) is 0 Å². The Balaban J connectivity index is 1.28. The number of Topliss-reactive ketones (excluding diaryl/α,β-unsaturated/α-hetero) is 1. The van der Waals surface area contributed by atoms with E-state index in [1.165, 1.54) is 5.57 Å². The Bertz CT molecular complexity index is 1600. The number of pyridine rings is 1. The Morgan fingerprint density at radius 2 is 1.70 bits per heavy atom. The summed E-state index contributed by atoms with van der Waals surface area (Å²) in [6.07, 6.45) is 10.7. The van der Waals surface area contributed by atoms with E-state index in [-0.39, 0.29) is 57.8 Å². The van der Waals surface area contributed by atoms with Crippen LogP contribution in [0.2, 0.25) is 0 Å². The molecular formula is C41H59N3O6. The second-order valence-corrected chi connectivity index (χ2v) is 18.8. The van der Waals surface area contributed by atoms with E-state index in [1.807, 2.05) is 6.07 Å². The number of carbonyl (C=O) groups is 4. The molecule has 5 aliphatic carbocycles. The first-order valence-electron chi connectivity index (χ1n) is 18.9. The fraction of sp³-hybridized carbons (Fsp3) is 0.732. The number of ether oxygens (including phenoxy) is 1. The molecule has 0 saturated heterocycles. The number of aliphatic carboxylic acids is 1. The summed E-state index contributed by atoms with van der Waals surface area (Å²) in [4.78, 5) is 56.3. The van der Waals surface area contributed by atoms with Gasteiger partial charge in [-0.15, -0.1) is 0 Å². The number of nitrogens with zero attached hydrogens (tertiary/aromatic N) is 1. The van der Waals surface area contributed by atoms with Crippen LogP contribution in [0.3, 0.4) is 0 Å². The number of aromatic nitrogens is 1. The van der Waals surface area contributed by atoms with Gasteiger partial charge in [-0.2, -0.15) is 0 Å². The summed E-state index contributed by atoms with van der Waals surface area (Å²) in [5.74, 6) is -0.168. The third kappa shape index (κ3) is 5.51. The Hall–Kier alpha value is -3.23. The zero-order valence-electron chi connectivity index (χ0n) is 31.7. The highest BCUT2D eigenvalue weighted by Gasteiger charge is 2.70. The first-order valence-corrected chi connectivity index (χ1v) is 18.9. The number of anilines is 1. The zero-order valence-corrected chi connectivity index (χ0v) is 31.7. The lowest BCUT2D eigenvalue weighted by Crippen LogP contribution is -2.67. The lowest BCUT2D eigenvalue weighted by atomic mass is 9.33. The van der Waals surface area contributed by atoms with Crippen molar-refractivity contribution in [3.63, 3.8) is 0 Å². The molecule has 274 valence electrons. The predicted molar refractivity (Wildman–Crippen MR) is 192 cm³/mol. The lowest BCUT2D eigenvalue weighted by Gasteiger charge is -2.72. The summed E-state index contributed by atoms with van der Waals surface area (Å²) >= 11 is 0. The number of carboxylic acid groups (broad SMARTS) is 1. The predicted octanol–water partition coefficient (Wildman–Crippen LogP) is 8.35. The van der Waals surface area contributed by atoms with Gasteiger partial charge in [-0.1, -0.05) is 48.5 Å². The molecule has 3 N–H and O–H groups in total. The molecule has 4 saturated carbocycles. The Labute approximate surface area is 298 Å². The summed E-state index contributed by atoms with van der Waals surface area (Å²) in [7, 11) is 0. The number of carboxylic acids is 1. The zero-order chi connectivity index (χ0) is 36.7. The summed E-state index contributed by atoms with van der Waals surface area (Å²) in [5.41, 5.74) is 0.655. The van der Waals surface area contributed by atoms with Crippen LogP contribution in [-0.4, -0.2) is 45.5 Å². The van der Waals surface area contributed by atoms with E-state index < -0.39 is 22.9 Å². The fourth-order valence-electron chi connectivity index (χ4n) is 12.4. The standard InChI is InChI=1S/C41H59N3O6/c1-24(2)32-27(45)21-41(44-35(49)43-25-11-10-20-42-23-25)19-18-39(8)26(33(32)41)12-13-29-38(7)16-15-30(50-31(46)22-36(3,4)34(47)48)37(5,6)28(38)14-17-40(29,39)9/h10-11,20,23-24,26,28-30H,12-19,21-22H2,1-9H3,(H,47,48)(H2,43,44,49)/t26?,28?,29?,30-,38-,39+,40+,41?/m0/s1. The van der Waals surface area contributed by atoms with Gasteiger partial charge in [0.15, 0.2) is 5.78 Å². The van der Waals surface area contributed by atoms with Crippen molar-refractivity contribution in [2.45, 2.75) is 138 Å². The van der Waals surface area contributed by atoms with Crippen LogP contribution in [0.5, 0.6) is 0 Å². The summed E-state index contributed by atoms with van der Waals surface area (Å²) in [6, 6.07) is 3.31. The SMILES string of the molecule is CC(C)C1=C2C3CCC4[C@@]5(C)CC[C@H](OC(=O)CC(C)(C)C(=O)O)C(C)(C)C5CC[C@@]4(C)[C@]3(C)CCC2(NC(=O)Nc2cccnc2)CC1=O. The minimum Gasteiger partial charge on any atom is -0.481 e. The van der Waals surface area contributed by atoms with Crippen molar-refractivity contribution in [1.82, 2.24) is 10.3 Å². The van der Waals surface area contributed by atoms with Crippen LogP contribution < -0.4 is 10.6 Å². The molecule has 1 aromatic rings. The summed E-state index contributed by atoms with van der Waals surface area (Å²) in [6.45, 7) is 19.4. The van der Waals surface area contributed by atoms with Gasteiger partial charge in [0, 0.05) is 18.0 Å². The topological polar surface area (TPSA) is 135 Å². The summed E-state index contributed by atoms with van der Waals surface area (Å²) in [5, 5.41) is 15.9. The minimum atomic E-state index is -1.17. The smallest absolute Gasteiger partial charge is 0.319 e. The van der Waals surface area contributed by atoms with Crippen molar-refractivity contribution >= 4 is 29.4 Å². The molecule has 9 nitrogen and oxygen atoms in total. The van der Waals surface area contributed by atoms with Gasteiger partial charge in [0.2, 0.25) is 0 Å². The number of hydrogen-bond donors (Lipinski definition) is 3. The number of hydrogen-bond acceptors (Lipinski definition) is 6. The number of allylic oxidation sites excluding steroid dienone is 1. The average Bonchev–Trinajstić information content (AvgIpc) is 3.30.